The minimum absolute atomic E-state index is 0.0756. The zero-order valence-corrected chi connectivity index (χ0v) is 15.8. The van der Waals surface area contributed by atoms with Gasteiger partial charge in [-0.25, -0.2) is 4.98 Å². The van der Waals surface area contributed by atoms with Gasteiger partial charge in [-0.15, -0.1) is 0 Å². The van der Waals surface area contributed by atoms with Crippen LogP contribution >= 0.6 is 0 Å². The van der Waals surface area contributed by atoms with E-state index in [1.165, 1.54) is 4.57 Å². The number of hydrogen-bond acceptors (Lipinski definition) is 7. The Morgan fingerprint density at radius 3 is 2.66 bits per heavy atom. The van der Waals surface area contributed by atoms with Crippen LogP contribution in [0, 0.1) is 0 Å². The second kappa shape index (κ2) is 7.96. The van der Waals surface area contributed by atoms with Gasteiger partial charge in [0.1, 0.15) is 17.1 Å². The lowest BCUT2D eigenvalue weighted by molar-refractivity contribution is -0.0222. The molecule has 2 aromatic heterocycles. The highest BCUT2D eigenvalue weighted by Crippen LogP contribution is 2.36. The zero-order valence-electron chi connectivity index (χ0n) is 15.8. The molecule has 4 rings (SSSR count). The molecule has 1 aromatic carbocycles. The van der Waals surface area contributed by atoms with Crippen LogP contribution in [0.3, 0.4) is 0 Å². The van der Waals surface area contributed by atoms with Gasteiger partial charge in [0.05, 0.1) is 32.0 Å². The van der Waals surface area contributed by atoms with Crippen LogP contribution < -0.4 is 11.3 Å². The van der Waals surface area contributed by atoms with Gasteiger partial charge in [0, 0.05) is 24.7 Å². The number of aromatic nitrogens is 3. The van der Waals surface area contributed by atoms with Crippen LogP contribution in [0.25, 0.3) is 11.0 Å². The maximum absolute atomic E-state index is 13.3. The predicted molar refractivity (Wildman–Crippen MR) is 106 cm³/mol. The molecule has 29 heavy (non-hydrogen) atoms. The molecule has 0 unspecified atom stereocenters. The molecule has 0 bridgehead atoms. The van der Waals surface area contributed by atoms with Crippen molar-refractivity contribution in [2.24, 2.45) is 0 Å². The van der Waals surface area contributed by atoms with Crippen LogP contribution in [0.2, 0.25) is 0 Å². The quantitative estimate of drug-likeness (QED) is 0.457. The van der Waals surface area contributed by atoms with Crippen LogP contribution in [0.5, 0.6) is 0 Å². The zero-order chi connectivity index (χ0) is 20.5. The molecular weight excluding hydrogens is 376 g/mol. The lowest BCUT2D eigenvalue weighted by Crippen LogP contribution is -2.26. The van der Waals surface area contributed by atoms with E-state index in [-0.39, 0.29) is 44.2 Å². The highest BCUT2D eigenvalue weighted by atomic mass is 16.5. The van der Waals surface area contributed by atoms with E-state index in [9.17, 15) is 20.1 Å². The fourth-order valence-corrected chi connectivity index (χ4v) is 3.85. The van der Waals surface area contributed by atoms with Crippen molar-refractivity contribution in [3.8, 4) is 0 Å². The van der Waals surface area contributed by atoms with E-state index in [0.717, 1.165) is 5.56 Å². The first-order valence-electron chi connectivity index (χ1n) is 9.51. The summed E-state index contributed by atoms with van der Waals surface area (Å²) in [6.45, 7) is 0.0340. The number of nitrogens with zero attached hydrogens (tertiary/aromatic N) is 3. The summed E-state index contributed by atoms with van der Waals surface area (Å²) in [6, 6.07) is 9.46. The van der Waals surface area contributed by atoms with Gasteiger partial charge in [-0.2, -0.15) is 0 Å². The van der Waals surface area contributed by atoms with Gasteiger partial charge in [-0.3, -0.25) is 9.36 Å². The van der Waals surface area contributed by atoms with Crippen molar-refractivity contribution >= 4 is 17.0 Å². The maximum atomic E-state index is 13.3. The number of benzene rings is 1. The number of rotatable bonds is 6. The van der Waals surface area contributed by atoms with Crippen molar-refractivity contribution in [2.45, 2.75) is 37.8 Å². The molecular formula is C20H24N4O5. The molecule has 1 saturated heterocycles. The number of hydrogen-bond donors (Lipinski definition) is 4. The summed E-state index contributed by atoms with van der Waals surface area (Å²) in [5.74, 6) is 0.0756. The fourth-order valence-electron chi connectivity index (χ4n) is 3.85. The highest BCUT2D eigenvalue weighted by Gasteiger charge is 2.36. The Balaban J connectivity index is 1.83. The van der Waals surface area contributed by atoms with E-state index in [1.807, 2.05) is 30.3 Å². The number of nitrogens with two attached hydrogens (primary N) is 1. The average molecular weight is 400 g/mol. The van der Waals surface area contributed by atoms with Gasteiger partial charge < -0.3 is 30.4 Å². The smallest absolute Gasteiger partial charge is 0.279 e. The monoisotopic (exact) mass is 400 g/mol. The Kier molecular flexibility index (Phi) is 5.37. The maximum Gasteiger partial charge on any atom is 0.279 e. The van der Waals surface area contributed by atoms with Crippen LogP contribution in [0.4, 0.5) is 5.95 Å². The Hall–Kier alpha value is -2.72. The number of ether oxygens (including phenoxy) is 1. The standard InChI is InChI=1S/C20H24N4O5/c21-20-22-17-13(15-8-14(27)16(11-26)29-15)10-23(6-7-25)18(17)19(28)24(20)9-12-4-2-1-3-5-12/h1-5,10,14-16,25-27H,6-9,11H2,(H2,21,22)/t14-,15+,16+/m0/s1. The molecule has 5 N–H and O–H groups in total. The first-order chi connectivity index (χ1) is 14.0. The van der Waals surface area contributed by atoms with Crippen molar-refractivity contribution in [1.29, 1.82) is 0 Å². The van der Waals surface area contributed by atoms with Crippen LogP contribution in [0.1, 0.15) is 23.7 Å². The molecule has 1 aliphatic heterocycles. The molecule has 3 heterocycles. The van der Waals surface area contributed by atoms with Crippen molar-refractivity contribution in [3.63, 3.8) is 0 Å². The first-order valence-corrected chi connectivity index (χ1v) is 9.51. The number of anilines is 1. The van der Waals surface area contributed by atoms with Crippen molar-refractivity contribution < 1.29 is 20.1 Å². The first kappa shape index (κ1) is 19.6. The summed E-state index contributed by atoms with van der Waals surface area (Å²) in [5.41, 5.74) is 8.06. The van der Waals surface area contributed by atoms with Crippen molar-refractivity contribution in [1.82, 2.24) is 14.1 Å². The van der Waals surface area contributed by atoms with Gasteiger partial charge in [-0.05, 0) is 5.56 Å². The molecule has 0 radical (unpaired) electrons. The second-order valence-corrected chi connectivity index (χ2v) is 7.19. The summed E-state index contributed by atoms with van der Waals surface area (Å²) in [4.78, 5) is 17.7. The van der Waals surface area contributed by atoms with Crippen LogP contribution in [-0.2, 0) is 17.8 Å². The van der Waals surface area contributed by atoms with E-state index in [2.05, 4.69) is 4.98 Å². The Morgan fingerprint density at radius 2 is 2.00 bits per heavy atom. The molecule has 0 aliphatic carbocycles. The van der Waals surface area contributed by atoms with Gasteiger partial charge in [-0.1, -0.05) is 30.3 Å². The van der Waals surface area contributed by atoms with Crippen LogP contribution in [0.15, 0.2) is 41.3 Å². The summed E-state index contributed by atoms with van der Waals surface area (Å²) in [7, 11) is 0. The molecule has 3 aromatic rings. The second-order valence-electron chi connectivity index (χ2n) is 7.19. The average Bonchev–Trinajstić information content (AvgIpc) is 3.26. The topological polar surface area (TPSA) is 136 Å². The van der Waals surface area contributed by atoms with E-state index >= 15 is 0 Å². The molecule has 0 saturated carbocycles. The Labute approximate surface area is 166 Å². The van der Waals surface area contributed by atoms with Gasteiger partial charge in [0.2, 0.25) is 5.95 Å². The Morgan fingerprint density at radius 1 is 1.24 bits per heavy atom. The van der Waals surface area contributed by atoms with Crippen molar-refractivity contribution in [3.05, 3.63) is 58.0 Å². The lowest BCUT2D eigenvalue weighted by atomic mass is 10.1. The molecule has 9 nitrogen and oxygen atoms in total. The minimum atomic E-state index is -0.808. The molecule has 1 aliphatic rings. The summed E-state index contributed by atoms with van der Waals surface area (Å²) >= 11 is 0. The number of fused-ring (bicyclic) bond motifs is 1. The molecule has 0 amide bonds. The highest BCUT2D eigenvalue weighted by molar-refractivity contribution is 5.80. The minimum Gasteiger partial charge on any atom is -0.395 e. The molecule has 154 valence electrons. The third-order valence-electron chi connectivity index (χ3n) is 5.31. The lowest BCUT2D eigenvalue weighted by Gasteiger charge is -2.12. The molecule has 9 heteroatoms. The molecule has 3 atom stereocenters. The summed E-state index contributed by atoms with van der Waals surface area (Å²) < 4.78 is 8.79. The number of nitrogen functional groups attached to an aromatic ring is 1. The largest absolute Gasteiger partial charge is 0.395 e. The fraction of sp³-hybridized carbons (Fsp3) is 0.400. The molecule has 0 spiro atoms. The number of aliphatic hydroxyl groups excluding tert-OH is 3. The van der Waals surface area contributed by atoms with Gasteiger partial charge in [0.15, 0.2) is 0 Å². The predicted octanol–water partition coefficient (Wildman–Crippen LogP) is 0.00400. The third-order valence-corrected chi connectivity index (χ3v) is 5.31. The van der Waals surface area contributed by atoms with E-state index in [0.29, 0.717) is 16.6 Å². The summed E-state index contributed by atoms with van der Waals surface area (Å²) in [5, 5.41) is 28.9. The van der Waals surface area contributed by atoms with Gasteiger partial charge >= 0.3 is 0 Å². The Bertz CT molecular complexity index is 1060. The summed E-state index contributed by atoms with van der Waals surface area (Å²) in [6.07, 6.45) is -0.0402. The van der Waals surface area contributed by atoms with Gasteiger partial charge in [0.25, 0.3) is 5.56 Å². The van der Waals surface area contributed by atoms with Crippen molar-refractivity contribution in [2.75, 3.05) is 18.9 Å². The van der Waals surface area contributed by atoms with E-state index in [1.54, 1.807) is 10.8 Å². The number of aliphatic hydroxyl groups is 3. The third kappa shape index (κ3) is 3.53. The van der Waals surface area contributed by atoms with Crippen LogP contribution in [-0.4, -0.2) is 54.9 Å². The molecule has 1 fully saturated rings. The van der Waals surface area contributed by atoms with E-state index in [4.69, 9.17) is 10.5 Å². The normalized spacial score (nSPS) is 21.8. The SMILES string of the molecule is Nc1nc2c([C@H]3C[C@H](O)[C@@H](CO)O3)cn(CCO)c2c(=O)n1Cc1ccccc1. The van der Waals surface area contributed by atoms with E-state index < -0.39 is 18.3 Å².